The standard InChI is InChI=1S/C10H10ClNO2S/c11-9-3-1-2-7-6-8(4-5-12)15(13,14)10(7)9/h1-3,6H,4-5,12H2. The summed E-state index contributed by atoms with van der Waals surface area (Å²) in [6.45, 7) is 0.316. The van der Waals surface area contributed by atoms with E-state index in [0.717, 1.165) is 0 Å². The Kier molecular flexibility index (Phi) is 2.58. The molecular formula is C10H10ClNO2S. The second-order valence-corrected chi connectivity index (χ2v) is 5.66. The van der Waals surface area contributed by atoms with E-state index in [1.54, 1.807) is 24.3 Å². The Morgan fingerprint density at radius 1 is 1.33 bits per heavy atom. The third kappa shape index (κ3) is 1.58. The van der Waals surface area contributed by atoms with E-state index in [9.17, 15) is 8.42 Å². The van der Waals surface area contributed by atoms with Crippen molar-refractivity contribution in [2.24, 2.45) is 5.73 Å². The van der Waals surface area contributed by atoms with Gasteiger partial charge in [-0.05, 0) is 30.7 Å². The minimum Gasteiger partial charge on any atom is -0.330 e. The largest absolute Gasteiger partial charge is 0.330 e. The summed E-state index contributed by atoms with van der Waals surface area (Å²) in [6, 6.07) is 5.05. The van der Waals surface area contributed by atoms with Crippen molar-refractivity contribution < 1.29 is 8.42 Å². The lowest BCUT2D eigenvalue weighted by atomic mass is 10.2. The number of nitrogens with two attached hydrogens (primary N) is 1. The zero-order valence-corrected chi connectivity index (χ0v) is 9.48. The molecule has 2 rings (SSSR count). The van der Waals surface area contributed by atoms with Crippen LogP contribution in [0.5, 0.6) is 0 Å². The Morgan fingerprint density at radius 2 is 2.07 bits per heavy atom. The summed E-state index contributed by atoms with van der Waals surface area (Å²) >= 11 is 5.88. The summed E-state index contributed by atoms with van der Waals surface area (Å²) in [5.74, 6) is 0. The second-order valence-electron chi connectivity index (χ2n) is 3.31. The number of halogens is 1. The molecule has 1 aromatic rings. The van der Waals surface area contributed by atoms with Crippen LogP contribution in [0.2, 0.25) is 5.02 Å². The van der Waals surface area contributed by atoms with Crippen molar-refractivity contribution in [3.63, 3.8) is 0 Å². The van der Waals surface area contributed by atoms with Gasteiger partial charge in [0, 0.05) is 0 Å². The van der Waals surface area contributed by atoms with Crippen molar-refractivity contribution in [3.8, 4) is 0 Å². The molecule has 5 heteroatoms. The van der Waals surface area contributed by atoms with Crippen molar-refractivity contribution in [2.45, 2.75) is 11.3 Å². The van der Waals surface area contributed by atoms with Crippen LogP contribution in [0.15, 0.2) is 28.0 Å². The molecule has 80 valence electrons. The van der Waals surface area contributed by atoms with Crippen LogP contribution in [0.1, 0.15) is 12.0 Å². The zero-order valence-electron chi connectivity index (χ0n) is 7.90. The van der Waals surface area contributed by atoms with E-state index in [1.807, 2.05) is 0 Å². The van der Waals surface area contributed by atoms with Gasteiger partial charge >= 0.3 is 0 Å². The van der Waals surface area contributed by atoms with Gasteiger partial charge in [0.05, 0.1) is 14.8 Å². The molecule has 0 spiro atoms. The third-order valence-corrected chi connectivity index (χ3v) is 4.75. The van der Waals surface area contributed by atoms with Gasteiger partial charge in [0.15, 0.2) is 0 Å². The molecule has 0 radical (unpaired) electrons. The highest BCUT2D eigenvalue weighted by atomic mass is 35.5. The van der Waals surface area contributed by atoms with Crippen LogP contribution in [0.3, 0.4) is 0 Å². The lowest BCUT2D eigenvalue weighted by molar-refractivity contribution is 0.601. The maximum absolute atomic E-state index is 12.0. The number of sulfone groups is 1. The first-order chi connectivity index (χ1) is 7.07. The highest BCUT2D eigenvalue weighted by Crippen LogP contribution is 2.38. The number of rotatable bonds is 2. The molecule has 0 aliphatic carbocycles. The van der Waals surface area contributed by atoms with E-state index < -0.39 is 9.84 Å². The molecule has 0 bridgehead atoms. The predicted octanol–water partition coefficient (Wildman–Crippen LogP) is 1.82. The van der Waals surface area contributed by atoms with Gasteiger partial charge in [0.2, 0.25) is 9.84 Å². The van der Waals surface area contributed by atoms with Gasteiger partial charge in [0.1, 0.15) is 0 Å². The fraction of sp³-hybridized carbons (Fsp3) is 0.200. The molecule has 0 atom stereocenters. The lowest BCUT2D eigenvalue weighted by Crippen LogP contribution is -2.06. The average molecular weight is 244 g/mol. The third-order valence-electron chi connectivity index (χ3n) is 2.32. The first-order valence-corrected chi connectivity index (χ1v) is 6.37. The van der Waals surface area contributed by atoms with Crippen LogP contribution in [0.25, 0.3) is 6.08 Å². The molecule has 2 N–H and O–H groups in total. The van der Waals surface area contributed by atoms with Gasteiger partial charge in [0.25, 0.3) is 0 Å². The summed E-state index contributed by atoms with van der Waals surface area (Å²) in [6.07, 6.45) is 2.00. The second kappa shape index (κ2) is 3.63. The highest BCUT2D eigenvalue weighted by molar-refractivity contribution is 7.96. The number of hydrogen-bond acceptors (Lipinski definition) is 3. The van der Waals surface area contributed by atoms with Crippen LogP contribution in [0, 0.1) is 0 Å². The van der Waals surface area contributed by atoms with Crippen molar-refractivity contribution in [3.05, 3.63) is 33.7 Å². The van der Waals surface area contributed by atoms with Crippen molar-refractivity contribution >= 4 is 27.5 Å². The minimum absolute atomic E-state index is 0.218. The first-order valence-electron chi connectivity index (χ1n) is 4.51. The molecule has 1 aromatic carbocycles. The maximum atomic E-state index is 12.0. The van der Waals surface area contributed by atoms with Crippen LogP contribution >= 0.6 is 11.6 Å². The van der Waals surface area contributed by atoms with E-state index in [2.05, 4.69) is 0 Å². The summed E-state index contributed by atoms with van der Waals surface area (Å²) in [5.41, 5.74) is 6.02. The fourth-order valence-corrected chi connectivity index (χ4v) is 3.83. The van der Waals surface area contributed by atoms with Crippen molar-refractivity contribution in [1.82, 2.24) is 0 Å². The minimum atomic E-state index is -3.39. The molecule has 0 saturated carbocycles. The molecule has 0 unspecified atom stereocenters. The summed E-state index contributed by atoms with van der Waals surface area (Å²) < 4.78 is 24.0. The van der Waals surface area contributed by atoms with Crippen LogP contribution in [-0.4, -0.2) is 15.0 Å². The molecule has 0 aromatic heterocycles. The molecule has 15 heavy (non-hydrogen) atoms. The van der Waals surface area contributed by atoms with Crippen LogP contribution < -0.4 is 5.73 Å². The van der Waals surface area contributed by atoms with Crippen molar-refractivity contribution in [1.29, 1.82) is 0 Å². The summed E-state index contributed by atoms with van der Waals surface area (Å²) in [4.78, 5) is 0.572. The molecule has 0 saturated heterocycles. The van der Waals surface area contributed by atoms with Crippen molar-refractivity contribution in [2.75, 3.05) is 6.54 Å². The Bertz CT molecular complexity index is 534. The van der Waals surface area contributed by atoms with E-state index in [4.69, 9.17) is 17.3 Å². The normalized spacial score (nSPS) is 17.3. The Hall–Kier alpha value is -0.840. The van der Waals surface area contributed by atoms with E-state index in [0.29, 0.717) is 23.4 Å². The highest BCUT2D eigenvalue weighted by Gasteiger charge is 2.30. The Morgan fingerprint density at radius 3 is 2.67 bits per heavy atom. The molecule has 3 nitrogen and oxygen atoms in total. The number of fused-ring (bicyclic) bond motifs is 1. The predicted molar refractivity (Wildman–Crippen MR) is 60.3 cm³/mol. The van der Waals surface area contributed by atoms with Crippen LogP contribution in [0.4, 0.5) is 0 Å². The Labute approximate surface area is 93.5 Å². The SMILES string of the molecule is NCCC1=Cc2cccc(Cl)c2S1(=O)=O. The molecule has 0 fully saturated rings. The quantitative estimate of drug-likeness (QED) is 0.862. The smallest absolute Gasteiger partial charge is 0.204 e. The fourth-order valence-electron chi connectivity index (χ4n) is 1.65. The lowest BCUT2D eigenvalue weighted by Gasteiger charge is -2.03. The summed E-state index contributed by atoms with van der Waals surface area (Å²) in [5, 5.41) is 0.274. The van der Waals surface area contributed by atoms with Gasteiger partial charge in [-0.25, -0.2) is 8.42 Å². The van der Waals surface area contributed by atoms with E-state index in [1.165, 1.54) is 0 Å². The van der Waals surface area contributed by atoms with Gasteiger partial charge in [-0.3, -0.25) is 0 Å². The number of benzene rings is 1. The number of hydrogen-bond donors (Lipinski definition) is 1. The maximum Gasteiger partial charge on any atom is 0.204 e. The van der Waals surface area contributed by atoms with Gasteiger partial charge in [-0.2, -0.15) is 0 Å². The summed E-state index contributed by atoms with van der Waals surface area (Å²) in [7, 11) is -3.39. The van der Waals surface area contributed by atoms with Gasteiger partial charge < -0.3 is 5.73 Å². The van der Waals surface area contributed by atoms with Gasteiger partial charge in [-0.1, -0.05) is 23.7 Å². The monoisotopic (exact) mass is 243 g/mol. The molecule has 1 aliphatic heterocycles. The van der Waals surface area contributed by atoms with Crippen LogP contribution in [-0.2, 0) is 9.84 Å². The van der Waals surface area contributed by atoms with Gasteiger partial charge in [-0.15, -0.1) is 0 Å². The van der Waals surface area contributed by atoms with E-state index in [-0.39, 0.29) is 9.92 Å². The first kappa shape index (κ1) is 10.7. The Balaban J connectivity index is 2.64. The topological polar surface area (TPSA) is 60.2 Å². The average Bonchev–Trinajstić information content (AvgIpc) is 2.40. The molecule has 0 amide bonds. The molecular weight excluding hydrogens is 234 g/mol. The molecule has 1 heterocycles. The molecule has 1 aliphatic rings. The van der Waals surface area contributed by atoms with E-state index >= 15 is 0 Å². The zero-order chi connectivity index (χ0) is 11.1.